The van der Waals surface area contributed by atoms with Crippen LogP contribution in [0.25, 0.3) is 0 Å². The van der Waals surface area contributed by atoms with Gasteiger partial charge < -0.3 is 30.9 Å². The zero-order chi connectivity index (χ0) is 31.2. The van der Waals surface area contributed by atoms with Gasteiger partial charge in [-0.25, -0.2) is 4.39 Å². The van der Waals surface area contributed by atoms with Crippen molar-refractivity contribution in [2.75, 3.05) is 25.6 Å². The van der Waals surface area contributed by atoms with Gasteiger partial charge in [-0.3, -0.25) is 9.59 Å². The summed E-state index contributed by atoms with van der Waals surface area (Å²) in [5, 5.41) is 16.9. The number of nitrogens with two attached hydrogens (primary N) is 1. The van der Waals surface area contributed by atoms with E-state index >= 15 is 0 Å². The monoisotopic (exact) mass is 587 g/mol. The van der Waals surface area contributed by atoms with Crippen molar-refractivity contribution in [1.29, 1.82) is 0 Å². The second kappa shape index (κ2) is 17.8. The van der Waals surface area contributed by atoms with Crippen LogP contribution in [0.2, 0.25) is 0 Å². The van der Waals surface area contributed by atoms with E-state index in [0.717, 1.165) is 12.0 Å². The summed E-state index contributed by atoms with van der Waals surface area (Å²) in [4.78, 5) is 26.1. The van der Waals surface area contributed by atoms with E-state index in [1.807, 2.05) is 52.8 Å². The summed E-state index contributed by atoms with van der Waals surface area (Å²) in [6.07, 6.45) is 0.663. The molecule has 0 aliphatic rings. The molecule has 2 amide bonds. The minimum absolute atomic E-state index is 0.0359. The van der Waals surface area contributed by atoms with Crippen molar-refractivity contribution >= 4 is 17.5 Å². The molecule has 42 heavy (non-hydrogen) atoms. The van der Waals surface area contributed by atoms with Gasteiger partial charge in [-0.1, -0.05) is 45.9 Å². The number of carbonyl (C=O) groups is 2. The van der Waals surface area contributed by atoms with Crippen LogP contribution in [-0.2, 0) is 20.9 Å². The lowest BCUT2D eigenvalue weighted by molar-refractivity contribution is -0.127. The molecule has 0 saturated carbocycles. The number of rotatable bonds is 18. The third-order valence-corrected chi connectivity index (χ3v) is 7.61. The van der Waals surface area contributed by atoms with Crippen molar-refractivity contribution in [3.05, 3.63) is 59.4 Å². The number of aryl methyl sites for hydroxylation is 1. The standard InChI is InChI=1S/C33H50FN3O5/c1-21(2)25(18-32(39)37-29-15-23(5)11-12-31(29)42-14-8-13-41-6)17-28(35)30(38)19-27(22(3)4)33(40)36-20-24-9-7-10-26(34)16-24/h7,9-12,15-16,21-22,25,27-28,30,38H,8,13-14,17-20,35H2,1-6H3,(H,36,40)(H,37,39)/t25-,27+,28+,30+/m1/s1. The van der Waals surface area contributed by atoms with Crippen LogP contribution in [0, 0.1) is 36.4 Å². The summed E-state index contributed by atoms with van der Waals surface area (Å²) in [6, 6.07) is 11.1. The van der Waals surface area contributed by atoms with Gasteiger partial charge in [0.1, 0.15) is 11.6 Å². The summed E-state index contributed by atoms with van der Waals surface area (Å²) in [5.74, 6) is -0.554. The summed E-state index contributed by atoms with van der Waals surface area (Å²) in [6.45, 7) is 11.1. The number of benzene rings is 2. The summed E-state index contributed by atoms with van der Waals surface area (Å²) in [7, 11) is 1.64. The lowest BCUT2D eigenvalue weighted by atomic mass is 9.82. The van der Waals surface area contributed by atoms with Crippen LogP contribution in [0.15, 0.2) is 42.5 Å². The number of ether oxygens (including phenoxy) is 2. The Bertz CT molecular complexity index is 1130. The van der Waals surface area contributed by atoms with Gasteiger partial charge in [0.25, 0.3) is 0 Å². The molecule has 0 saturated heterocycles. The van der Waals surface area contributed by atoms with Crippen LogP contribution in [0.4, 0.5) is 10.1 Å². The fraction of sp³-hybridized carbons (Fsp3) is 0.576. The van der Waals surface area contributed by atoms with E-state index in [9.17, 15) is 19.1 Å². The van der Waals surface area contributed by atoms with Crippen LogP contribution in [0.5, 0.6) is 5.75 Å². The number of amides is 2. The van der Waals surface area contributed by atoms with E-state index in [0.29, 0.717) is 36.6 Å². The van der Waals surface area contributed by atoms with Crippen LogP contribution in [0.1, 0.15) is 64.5 Å². The first-order valence-electron chi connectivity index (χ1n) is 14.9. The number of hydrogen-bond acceptors (Lipinski definition) is 6. The number of anilines is 1. The first kappa shape index (κ1) is 35.2. The van der Waals surface area contributed by atoms with Crippen molar-refractivity contribution in [2.24, 2.45) is 29.4 Å². The summed E-state index contributed by atoms with van der Waals surface area (Å²) >= 11 is 0. The molecular formula is C33H50FN3O5. The molecule has 2 rings (SSSR count). The van der Waals surface area contributed by atoms with Gasteiger partial charge in [0.2, 0.25) is 11.8 Å². The van der Waals surface area contributed by atoms with Crippen LogP contribution < -0.4 is 21.1 Å². The Morgan fingerprint density at radius 2 is 1.76 bits per heavy atom. The second-order valence-electron chi connectivity index (χ2n) is 11.9. The van der Waals surface area contributed by atoms with Gasteiger partial charge >= 0.3 is 0 Å². The van der Waals surface area contributed by atoms with Crippen LogP contribution in [-0.4, -0.2) is 49.4 Å². The molecule has 234 valence electrons. The highest BCUT2D eigenvalue weighted by molar-refractivity contribution is 5.92. The molecule has 0 unspecified atom stereocenters. The van der Waals surface area contributed by atoms with Gasteiger partial charge in [-0.15, -0.1) is 0 Å². The number of aliphatic hydroxyl groups is 1. The Morgan fingerprint density at radius 1 is 1.02 bits per heavy atom. The van der Waals surface area contributed by atoms with Crippen molar-refractivity contribution in [1.82, 2.24) is 5.32 Å². The second-order valence-corrected chi connectivity index (χ2v) is 11.9. The Hall–Kier alpha value is -3.01. The molecule has 0 aliphatic carbocycles. The van der Waals surface area contributed by atoms with Gasteiger partial charge in [0.05, 0.1) is 18.4 Å². The Labute approximate surface area is 250 Å². The topological polar surface area (TPSA) is 123 Å². The highest BCUT2D eigenvalue weighted by Gasteiger charge is 2.30. The lowest BCUT2D eigenvalue weighted by Crippen LogP contribution is -2.42. The highest BCUT2D eigenvalue weighted by atomic mass is 19.1. The number of aliphatic hydroxyl groups excluding tert-OH is 1. The van der Waals surface area contributed by atoms with Gasteiger partial charge in [-0.2, -0.15) is 0 Å². The number of methoxy groups -OCH3 is 1. The predicted molar refractivity (Wildman–Crippen MR) is 165 cm³/mol. The largest absolute Gasteiger partial charge is 0.491 e. The highest BCUT2D eigenvalue weighted by Crippen LogP contribution is 2.29. The van der Waals surface area contributed by atoms with Gasteiger partial charge in [-0.05, 0) is 72.9 Å². The van der Waals surface area contributed by atoms with E-state index in [4.69, 9.17) is 15.2 Å². The first-order valence-corrected chi connectivity index (χ1v) is 14.9. The van der Waals surface area contributed by atoms with Crippen molar-refractivity contribution in [2.45, 2.75) is 79.0 Å². The number of nitrogens with one attached hydrogen (secondary N) is 2. The third-order valence-electron chi connectivity index (χ3n) is 7.61. The van der Waals surface area contributed by atoms with Gasteiger partial charge in [0, 0.05) is 45.1 Å². The molecule has 0 bridgehead atoms. The average molecular weight is 588 g/mol. The molecule has 4 atom stereocenters. The Balaban J connectivity index is 1.97. The van der Waals surface area contributed by atoms with Crippen molar-refractivity contribution in [3.8, 4) is 5.75 Å². The normalized spacial score (nSPS) is 14.4. The minimum atomic E-state index is -0.925. The maximum absolute atomic E-state index is 13.5. The zero-order valence-corrected chi connectivity index (χ0v) is 26.0. The SMILES string of the molecule is COCCCOc1ccc(C)cc1NC(=O)C[C@@H](C[C@H](N)[C@@H](O)C[C@H](C(=O)NCc1cccc(F)c1)C(C)C)C(C)C. The van der Waals surface area contributed by atoms with E-state index in [-0.39, 0.29) is 54.8 Å². The smallest absolute Gasteiger partial charge is 0.224 e. The Morgan fingerprint density at radius 3 is 2.40 bits per heavy atom. The fourth-order valence-corrected chi connectivity index (χ4v) is 4.87. The van der Waals surface area contributed by atoms with E-state index in [2.05, 4.69) is 10.6 Å². The maximum atomic E-state index is 13.5. The molecule has 0 heterocycles. The molecule has 9 heteroatoms. The molecule has 0 aromatic heterocycles. The van der Waals surface area contributed by atoms with Gasteiger partial charge in [0.15, 0.2) is 0 Å². The molecular weight excluding hydrogens is 537 g/mol. The number of hydrogen-bond donors (Lipinski definition) is 4. The van der Waals surface area contributed by atoms with Crippen molar-refractivity contribution in [3.63, 3.8) is 0 Å². The van der Waals surface area contributed by atoms with E-state index in [1.165, 1.54) is 12.1 Å². The molecule has 2 aromatic rings. The lowest BCUT2D eigenvalue weighted by Gasteiger charge is -2.29. The van der Waals surface area contributed by atoms with E-state index in [1.54, 1.807) is 19.2 Å². The molecule has 5 N–H and O–H groups in total. The third kappa shape index (κ3) is 12.1. The molecule has 0 fully saturated rings. The average Bonchev–Trinajstić information content (AvgIpc) is 2.92. The minimum Gasteiger partial charge on any atom is -0.491 e. The summed E-state index contributed by atoms with van der Waals surface area (Å²) < 4.78 is 24.4. The molecule has 0 aliphatic heterocycles. The molecule has 2 aromatic carbocycles. The molecule has 0 radical (unpaired) electrons. The zero-order valence-electron chi connectivity index (χ0n) is 26.0. The fourth-order valence-electron chi connectivity index (χ4n) is 4.87. The number of halogens is 1. The maximum Gasteiger partial charge on any atom is 0.224 e. The van der Waals surface area contributed by atoms with Crippen LogP contribution in [0.3, 0.4) is 0 Å². The quantitative estimate of drug-likeness (QED) is 0.178. The van der Waals surface area contributed by atoms with Crippen molar-refractivity contribution < 1.29 is 28.6 Å². The Kier molecular flexibility index (Phi) is 14.9. The molecule has 0 spiro atoms. The molecule has 8 nitrogen and oxygen atoms in total. The predicted octanol–water partition coefficient (Wildman–Crippen LogP) is 5.21. The first-order chi connectivity index (χ1) is 19.9. The van der Waals surface area contributed by atoms with Crippen LogP contribution >= 0.6 is 0 Å². The number of carbonyl (C=O) groups excluding carboxylic acids is 2. The summed E-state index contributed by atoms with van der Waals surface area (Å²) in [5.41, 5.74) is 8.73. The van der Waals surface area contributed by atoms with E-state index < -0.39 is 18.1 Å².